The number of amides is 3. The van der Waals surface area contributed by atoms with Crippen LogP contribution >= 0.6 is 0 Å². The maximum absolute atomic E-state index is 12.1. The van der Waals surface area contributed by atoms with E-state index in [1.807, 2.05) is 12.1 Å². The highest BCUT2D eigenvalue weighted by Crippen LogP contribution is 2.17. The molecule has 3 amide bonds. The molecule has 1 aliphatic heterocycles. The van der Waals surface area contributed by atoms with Crippen molar-refractivity contribution >= 4 is 11.9 Å². The van der Waals surface area contributed by atoms with Gasteiger partial charge in [-0.1, -0.05) is 0 Å². The number of furan rings is 1. The van der Waals surface area contributed by atoms with E-state index in [0.717, 1.165) is 18.8 Å². The van der Waals surface area contributed by atoms with Crippen molar-refractivity contribution in [1.82, 2.24) is 15.1 Å². The number of nitrogens with zero attached hydrogens (tertiary/aromatic N) is 2. The zero-order valence-electron chi connectivity index (χ0n) is 14.0. The van der Waals surface area contributed by atoms with E-state index < -0.39 is 5.54 Å². The van der Waals surface area contributed by atoms with Crippen molar-refractivity contribution in [1.29, 1.82) is 0 Å². The van der Waals surface area contributed by atoms with Crippen LogP contribution in [-0.4, -0.2) is 60.6 Å². The van der Waals surface area contributed by atoms with Crippen molar-refractivity contribution in [3.8, 4) is 0 Å². The van der Waals surface area contributed by atoms with Crippen LogP contribution in [-0.2, 0) is 16.1 Å². The van der Waals surface area contributed by atoms with Crippen LogP contribution in [0, 0.1) is 0 Å². The van der Waals surface area contributed by atoms with Gasteiger partial charge in [0.05, 0.1) is 19.4 Å². The van der Waals surface area contributed by atoms with Gasteiger partial charge in [0.25, 0.3) is 5.91 Å². The minimum Gasteiger partial charge on any atom is -0.468 e. The Kier molecular flexibility index (Phi) is 5.79. The minimum atomic E-state index is -0.805. The molecule has 1 saturated heterocycles. The van der Waals surface area contributed by atoms with Gasteiger partial charge in [-0.05, 0) is 32.4 Å². The molecular formula is C16H25N3O4. The van der Waals surface area contributed by atoms with E-state index >= 15 is 0 Å². The lowest BCUT2D eigenvalue weighted by molar-refractivity contribution is -0.130. The monoisotopic (exact) mass is 323 g/mol. The van der Waals surface area contributed by atoms with E-state index in [4.69, 9.17) is 9.15 Å². The van der Waals surface area contributed by atoms with Crippen LogP contribution < -0.4 is 5.32 Å². The first-order valence-corrected chi connectivity index (χ1v) is 7.82. The Morgan fingerprint density at radius 2 is 2.13 bits per heavy atom. The fraction of sp³-hybridized carbons (Fsp3) is 0.625. The second-order valence-corrected chi connectivity index (χ2v) is 6.21. The maximum Gasteiger partial charge on any atom is 0.325 e. The van der Waals surface area contributed by atoms with Crippen LogP contribution in [0.1, 0.15) is 26.0 Å². The van der Waals surface area contributed by atoms with Crippen LogP contribution in [0.25, 0.3) is 0 Å². The lowest BCUT2D eigenvalue weighted by atomic mass is 10.1. The molecule has 7 heteroatoms. The maximum atomic E-state index is 12.1. The normalized spacial score (nSPS) is 17.1. The van der Waals surface area contributed by atoms with Gasteiger partial charge >= 0.3 is 6.03 Å². The summed E-state index contributed by atoms with van der Waals surface area (Å²) in [5.74, 6) is 0.717. The van der Waals surface area contributed by atoms with Gasteiger partial charge in [0, 0.05) is 26.7 Å². The standard InChI is InChI=1S/C16H25N3O4/c1-16(2)14(20)19(15(21)17-16)8-5-7-18(9-11-22-3)12-13-6-4-10-23-13/h4,6,10H,5,7-9,11-12H2,1-3H3,(H,17,21). The average molecular weight is 323 g/mol. The lowest BCUT2D eigenvalue weighted by Crippen LogP contribution is -2.40. The third-order valence-corrected chi connectivity index (χ3v) is 3.87. The molecule has 0 aliphatic carbocycles. The van der Waals surface area contributed by atoms with E-state index in [9.17, 15) is 9.59 Å². The molecule has 1 aromatic heterocycles. The van der Waals surface area contributed by atoms with E-state index in [0.29, 0.717) is 26.1 Å². The van der Waals surface area contributed by atoms with Crippen molar-refractivity contribution in [2.24, 2.45) is 0 Å². The van der Waals surface area contributed by atoms with Gasteiger partial charge in [-0.25, -0.2) is 4.79 Å². The summed E-state index contributed by atoms with van der Waals surface area (Å²) in [6.07, 6.45) is 2.36. The molecule has 0 aromatic carbocycles. The number of rotatable bonds is 9. The van der Waals surface area contributed by atoms with E-state index in [2.05, 4.69) is 10.2 Å². The molecule has 128 valence electrons. The van der Waals surface area contributed by atoms with Gasteiger partial charge in [0.15, 0.2) is 0 Å². The summed E-state index contributed by atoms with van der Waals surface area (Å²) >= 11 is 0. The fourth-order valence-corrected chi connectivity index (χ4v) is 2.59. The van der Waals surface area contributed by atoms with Gasteiger partial charge in [-0.3, -0.25) is 14.6 Å². The molecule has 23 heavy (non-hydrogen) atoms. The van der Waals surface area contributed by atoms with Gasteiger partial charge in [-0.2, -0.15) is 0 Å². The molecule has 0 radical (unpaired) electrons. The molecule has 2 rings (SSSR count). The third-order valence-electron chi connectivity index (χ3n) is 3.87. The van der Waals surface area contributed by atoms with Crippen molar-refractivity contribution < 1.29 is 18.7 Å². The summed E-state index contributed by atoms with van der Waals surface area (Å²) < 4.78 is 10.5. The van der Waals surface area contributed by atoms with Gasteiger partial charge in [0.1, 0.15) is 11.3 Å². The first kappa shape index (κ1) is 17.5. The summed E-state index contributed by atoms with van der Waals surface area (Å²) in [5, 5.41) is 2.69. The molecular weight excluding hydrogens is 298 g/mol. The number of nitrogens with one attached hydrogen (secondary N) is 1. The summed E-state index contributed by atoms with van der Waals surface area (Å²) in [6.45, 7) is 6.67. The predicted molar refractivity (Wildman–Crippen MR) is 84.8 cm³/mol. The first-order valence-electron chi connectivity index (χ1n) is 7.82. The molecule has 0 spiro atoms. The Balaban J connectivity index is 1.83. The molecule has 0 saturated carbocycles. The second-order valence-electron chi connectivity index (χ2n) is 6.21. The van der Waals surface area contributed by atoms with Gasteiger partial charge < -0.3 is 14.5 Å². The number of carbonyl (C=O) groups excluding carboxylic acids is 2. The Hall–Kier alpha value is -1.86. The second kappa shape index (κ2) is 7.61. The van der Waals surface area contributed by atoms with Gasteiger partial charge in [0.2, 0.25) is 0 Å². The van der Waals surface area contributed by atoms with E-state index in [1.54, 1.807) is 27.2 Å². The molecule has 0 bridgehead atoms. The molecule has 0 atom stereocenters. The Morgan fingerprint density at radius 1 is 1.35 bits per heavy atom. The molecule has 2 heterocycles. The van der Waals surface area contributed by atoms with Crippen LogP contribution in [0.5, 0.6) is 0 Å². The van der Waals surface area contributed by atoms with Crippen molar-refractivity contribution in [3.05, 3.63) is 24.2 Å². The highest BCUT2D eigenvalue weighted by molar-refractivity contribution is 6.06. The Bertz CT molecular complexity index is 527. The summed E-state index contributed by atoms with van der Waals surface area (Å²) in [5.41, 5.74) is -0.805. The fourth-order valence-electron chi connectivity index (χ4n) is 2.59. The number of methoxy groups -OCH3 is 1. The topological polar surface area (TPSA) is 75.0 Å². The number of ether oxygens (including phenoxy) is 1. The Labute approximate surface area is 136 Å². The zero-order valence-corrected chi connectivity index (χ0v) is 14.0. The van der Waals surface area contributed by atoms with E-state index in [-0.39, 0.29) is 11.9 Å². The molecule has 1 aromatic rings. The zero-order chi connectivity index (χ0) is 16.9. The summed E-state index contributed by atoms with van der Waals surface area (Å²) in [7, 11) is 1.67. The van der Waals surface area contributed by atoms with E-state index in [1.165, 1.54) is 4.90 Å². The quantitative estimate of drug-likeness (QED) is 0.696. The largest absolute Gasteiger partial charge is 0.468 e. The van der Waals surface area contributed by atoms with Crippen LogP contribution in [0.4, 0.5) is 4.79 Å². The van der Waals surface area contributed by atoms with Crippen molar-refractivity contribution in [2.45, 2.75) is 32.4 Å². The van der Waals surface area contributed by atoms with Crippen molar-refractivity contribution in [3.63, 3.8) is 0 Å². The number of urea groups is 1. The molecule has 1 N–H and O–H groups in total. The highest BCUT2D eigenvalue weighted by atomic mass is 16.5. The molecule has 1 aliphatic rings. The summed E-state index contributed by atoms with van der Waals surface area (Å²) in [4.78, 5) is 27.5. The lowest BCUT2D eigenvalue weighted by Gasteiger charge is -2.22. The van der Waals surface area contributed by atoms with Crippen molar-refractivity contribution in [2.75, 3.05) is 33.4 Å². The first-order chi connectivity index (χ1) is 10.9. The number of carbonyl (C=O) groups is 2. The molecule has 1 fully saturated rings. The molecule has 7 nitrogen and oxygen atoms in total. The minimum absolute atomic E-state index is 0.169. The SMILES string of the molecule is COCCN(CCCN1C(=O)NC(C)(C)C1=O)Cc1ccco1. The highest BCUT2D eigenvalue weighted by Gasteiger charge is 2.43. The summed E-state index contributed by atoms with van der Waals surface area (Å²) in [6, 6.07) is 3.48. The van der Waals surface area contributed by atoms with Crippen LogP contribution in [0.2, 0.25) is 0 Å². The Morgan fingerprint density at radius 3 is 2.70 bits per heavy atom. The van der Waals surface area contributed by atoms with Crippen LogP contribution in [0.3, 0.4) is 0 Å². The number of hydrogen-bond acceptors (Lipinski definition) is 5. The number of hydrogen-bond donors (Lipinski definition) is 1. The smallest absolute Gasteiger partial charge is 0.325 e. The van der Waals surface area contributed by atoms with Crippen LogP contribution in [0.15, 0.2) is 22.8 Å². The predicted octanol–water partition coefficient (Wildman–Crippen LogP) is 1.45. The van der Waals surface area contributed by atoms with Gasteiger partial charge in [-0.15, -0.1) is 0 Å². The average Bonchev–Trinajstić information content (AvgIpc) is 3.06. The third kappa shape index (κ3) is 4.56. The number of imide groups is 1. The molecule has 0 unspecified atom stereocenters.